The average Bonchev–Trinajstić information content (AvgIpc) is 3.07. The largest absolute Gasteiger partial charge is 0.458 e. The Kier molecular flexibility index (Phi) is 8.09. The van der Waals surface area contributed by atoms with Gasteiger partial charge < -0.3 is 19.9 Å². The molecular weight excluding hydrogens is 409 g/mol. The van der Waals surface area contributed by atoms with Gasteiger partial charge in [0.15, 0.2) is 0 Å². The van der Waals surface area contributed by atoms with Crippen molar-refractivity contribution in [3.05, 3.63) is 68.7 Å². The second-order valence-corrected chi connectivity index (χ2v) is 6.24. The lowest BCUT2D eigenvalue weighted by molar-refractivity contribution is -0.152. The van der Waals surface area contributed by atoms with E-state index in [9.17, 15) is 18.8 Å². The molecule has 3 N–H and O–H groups in total. The topological polar surface area (TPSA) is 126 Å². The van der Waals surface area contributed by atoms with Gasteiger partial charge in [0.05, 0.1) is 26.0 Å². The van der Waals surface area contributed by atoms with E-state index in [0.717, 1.165) is 16.3 Å². The van der Waals surface area contributed by atoms with Crippen LogP contribution in [0.4, 0.5) is 4.39 Å². The number of halogens is 2. The summed E-state index contributed by atoms with van der Waals surface area (Å²) in [4.78, 5) is 36.6. The van der Waals surface area contributed by atoms with Crippen molar-refractivity contribution in [3.63, 3.8) is 0 Å². The Morgan fingerprint density at radius 3 is 2.72 bits per heavy atom. The number of carbonyl (C=O) groups is 1. The fourth-order valence-corrected chi connectivity index (χ4v) is 2.90. The van der Waals surface area contributed by atoms with Crippen molar-refractivity contribution >= 4 is 18.4 Å². The predicted molar refractivity (Wildman–Crippen MR) is 102 cm³/mol. The molecule has 0 bridgehead atoms. The van der Waals surface area contributed by atoms with Crippen molar-refractivity contribution in [2.75, 3.05) is 13.2 Å². The number of ether oxygens (including phenoxy) is 3. The van der Waals surface area contributed by atoms with E-state index in [2.05, 4.69) is 0 Å². The van der Waals surface area contributed by atoms with Crippen molar-refractivity contribution in [1.29, 1.82) is 0 Å². The maximum atomic E-state index is 13.6. The van der Waals surface area contributed by atoms with Gasteiger partial charge in [-0.2, -0.15) is 4.39 Å². The summed E-state index contributed by atoms with van der Waals surface area (Å²) in [6.45, 7) is 0.0800. The molecule has 0 radical (unpaired) electrons. The second kappa shape index (κ2) is 10.3. The monoisotopic (exact) mass is 429 g/mol. The Hall–Kier alpha value is -2.53. The minimum atomic E-state index is -1.12. The molecule has 1 aliphatic rings. The molecular formula is C18H21ClFN3O6. The minimum absolute atomic E-state index is 0. The Balaban J connectivity index is 0.00000300. The minimum Gasteiger partial charge on any atom is -0.458 e. The average molecular weight is 430 g/mol. The summed E-state index contributed by atoms with van der Waals surface area (Å²) in [5, 5.41) is 0. The highest BCUT2D eigenvalue weighted by atomic mass is 35.5. The van der Waals surface area contributed by atoms with Gasteiger partial charge >= 0.3 is 11.7 Å². The van der Waals surface area contributed by atoms with Crippen molar-refractivity contribution in [2.24, 2.45) is 5.73 Å². The molecule has 1 aliphatic heterocycles. The van der Waals surface area contributed by atoms with E-state index in [1.54, 1.807) is 0 Å². The molecule has 1 fully saturated rings. The number of benzene rings is 1. The molecule has 2 heterocycles. The van der Waals surface area contributed by atoms with Crippen LogP contribution in [0.1, 0.15) is 18.2 Å². The van der Waals surface area contributed by atoms with Crippen molar-refractivity contribution in [1.82, 2.24) is 9.55 Å². The number of carbonyl (C=O) groups excluding carboxylic acids is 1. The van der Waals surface area contributed by atoms with Crippen molar-refractivity contribution in [3.8, 4) is 0 Å². The number of rotatable bonds is 7. The van der Waals surface area contributed by atoms with Crippen LogP contribution in [0.2, 0.25) is 0 Å². The van der Waals surface area contributed by atoms with E-state index in [-0.39, 0.29) is 32.0 Å². The summed E-state index contributed by atoms with van der Waals surface area (Å²) in [6.07, 6.45) is -1.51. The summed E-state index contributed by atoms with van der Waals surface area (Å²) in [7, 11) is 0. The molecule has 1 saturated heterocycles. The quantitative estimate of drug-likeness (QED) is 0.613. The first-order valence-electron chi connectivity index (χ1n) is 8.65. The Labute approximate surface area is 171 Å². The molecule has 158 valence electrons. The van der Waals surface area contributed by atoms with Crippen LogP contribution in [-0.4, -0.2) is 40.9 Å². The first-order valence-corrected chi connectivity index (χ1v) is 8.65. The van der Waals surface area contributed by atoms with Crippen molar-refractivity contribution < 1.29 is 23.4 Å². The highest BCUT2D eigenvalue weighted by Crippen LogP contribution is 2.30. The number of hydrogen-bond acceptors (Lipinski definition) is 7. The summed E-state index contributed by atoms with van der Waals surface area (Å²) in [6, 6.07) is 9.44. The number of esters is 1. The molecule has 1 aromatic carbocycles. The fraction of sp³-hybridized carbons (Fsp3) is 0.389. The molecule has 0 saturated carbocycles. The molecule has 3 atom stereocenters. The van der Waals surface area contributed by atoms with Crippen LogP contribution in [0.3, 0.4) is 0 Å². The third kappa shape index (κ3) is 5.73. The van der Waals surface area contributed by atoms with Crippen LogP contribution < -0.4 is 17.0 Å². The van der Waals surface area contributed by atoms with E-state index in [1.807, 2.05) is 35.3 Å². The zero-order chi connectivity index (χ0) is 20.1. The third-order valence-corrected chi connectivity index (χ3v) is 4.26. The number of nitrogens with two attached hydrogens (primary N) is 1. The summed E-state index contributed by atoms with van der Waals surface area (Å²) < 4.78 is 31.2. The van der Waals surface area contributed by atoms with Gasteiger partial charge in [-0.05, 0) is 5.56 Å². The molecule has 3 rings (SSSR count). The number of aromatic amines is 1. The molecule has 2 aromatic rings. The zero-order valence-corrected chi connectivity index (χ0v) is 16.1. The van der Waals surface area contributed by atoms with E-state index in [1.165, 1.54) is 0 Å². The molecule has 0 amide bonds. The highest BCUT2D eigenvalue weighted by molar-refractivity contribution is 5.85. The number of nitrogens with zero attached hydrogens (tertiary/aromatic N) is 1. The third-order valence-electron chi connectivity index (χ3n) is 4.26. The van der Waals surface area contributed by atoms with Gasteiger partial charge in [0, 0.05) is 6.42 Å². The molecule has 9 nitrogen and oxygen atoms in total. The van der Waals surface area contributed by atoms with Gasteiger partial charge in [0.1, 0.15) is 18.4 Å². The lowest BCUT2D eigenvalue weighted by atomic mass is 10.2. The maximum Gasteiger partial charge on any atom is 0.330 e. The van der Waals surface area contributed by atoms with Gasteiger partial charge in [-0.25, -0.2) is 4.79 Å². The van der Waals surface area contributed by atoms with Crippen LogP contribution in [0.5, 0.6) is 0 Å². The summed E-state index contributed by atoms with van der Waals surface area (Å²) in [5.74, 6) is -1.76. The van der Waals surface area contributed by atoms with E-state index in [4.69, 9.17) is 19.9 Å². The Bertz CT molecular complexity index is 935. The van der Waals surface area contributed by atoms with Crippen LogP contribution in [0.25, 0.3) is 0 Å². The lowest BCUT2D eigenvalue weighted by Crippen LogP contribution is -2.34. The van der Waals surface area contributed by atoms with Crippen LogP contribution in [0, 0.1) is 5.82 Å². The molecule has 1 unspecified atom stereocenters. The first-order chi connectivity index (χ1) is 13.5. The second-order valence-electron chi connectivity index (χ2n) is 6.24. The van der Waals surface area contributed by atoms with E-state index >= 15 is 0 Å². The van der Waals surface area contributed by atoms with E-state index < -0.39 is 41.5 Å². The summed E-state index contributed by atoms with van der Waals surface area (Å²) >= 11 is 0. The molecule has 11 heteroatoms. The molecule has 0 aliphatic carbocycles. The highest BCUT2D eigenvalue weighted by Gasteiger charge is 2.39. The normalized spacial score (nSPS) is 20.8. The van der Waals surface area contributed by atoms with Gasteiger partial charge in [-0.1, -0.05) is 30.3 Å². The standard InChI is InChI=1S/C18H20FN3O6.ClH/c19-12-8-22(18(25)21-17(12)24)15-6-13(28-16(23)7-20)14(27-15)10-26-9-11-4-2-1-3-5-11;/h1-5,8,13-15H,6-7,9-10,20H2,(H,21,24,25);1H/t13?,14-,15-;/m0./s1. The fourth-order valence-electron chi connectivity index (χ4n) is 2.90. The molecule has 29 heavy (non-hydrogen) atoms. The van der Waals surface area contributed by atoms with Gasteiger partial charge in [0.2, 0.25) is 5.82 Å². The first kappa shape index (κ1) is 22.8. The lowest BCUT2D eigenvalue weighted by Gasteiger charge is -2.18. The number of nitrogens with one attached hydrogen (secondary N) is 1. The van der Waals surface area contributed by atoms with Crippen LogP contribution in [-0.2, 0) is 25.6 Å². The van der Waals surface area contributed by atoms with Crippen LogP contribution >= 0.6 is 12.4 Å². The van der Waals surface area contributed by atoms with Crippen LogP contribution in [0.15, 0.2) is 46.1 Å². The Morgan fingerprint density at radius 2 is 2.03 bits per heavy atom. The summed E-state index contributed by atoms with van der Waals surface area (Å²) in [5.41, 5.74) is 4.29. The van der Waals surface area contributed by atoms with E-state index in [0.29, 0.717) is 6.61 Å². The maximum absolute atomic E-state index is 13.6. The number of aromatic nitrogens is 2. The van der Waals surface area contributed by atoms with Gasteiger partial charge in [0.25, 0.3) is 5.56 Å². The molecule has 1 aromatic heterocycles. The van der Waals surface area contributed by atoms with Gasteiger partial charge in [-0.15, -0.1) is 12.4 Å². The molecule has 0 spiro atoms. The Morgan fingerprint density at radius 1 is 1.31 bits per heavy atom. The number of hydrogen-bond donors (Lipinski definition) is 2. The number of H-pyrrole nitrogens is 1. The van der Waals surface area contributed by atoms with Gasteiger partial charge in [-0.3, -0.25) is 19.1 Å². The predicted octanol–water partition coefficient (Wildman–Crippen LogP) is 0.472. The van der Waals surface area contributed by atoms with Crippen molar-refractivity contribution in [2.45, 2.75) is 31.5 Å². The zero-order valence-electron chi connectivity index (χ0n) is 15.3. The SMILES string of the molecule is Cl.NCC(=O)OC1C[C@@H](n2cc(F)c(=O)[nH]c2=O)O[C@H]1COCc1ccccc1. The smallest absolute Gasteiger partial charge is 0.330 e.